The van der Waals surface area contributed by atoms with Gasteiger partial charge in [-0.15, -0.1) is 0 Å². The highest BCUT2D eigenvalue weighted by molar-refractivity contribution is 5.82. The summed E-state index contributed by atoms with van der Waals surface area (Å²) in [4.78, 5) is 14.1. The molecule has 1 heterocycles. The van der Waals surface area contributed by atoms with Gasteiger partial charge >= 0.3 is 0 Å². The van der Waals surface area contributed by atoms with E-state index in [0.29, 0.717) is 12.3 Å². The first kappa shape index (κ1) is 14.5. The molecule has 1 aliphatic rings. The molecule has 1 amide bonds. The molecule has 4 nitrogen and oxygen atoms in total. The molecule has 1 fully saturated rings. The summed E-state index contributed by atoms with van der Waals surface area (Å²) in [5.41, 5.74) is 5.95. The number of aliphatic hydroxyl groups excluding tert-OH is 1. The fourth-order valence-corrected chi connectivity index (χ4v) is 2.56. The van der Waals surface area contributed by atoms with Gasteiger partial charge in [-0.05, 0) is 38.0 Å². The predicted molar refractivity (Wildman–Crippen MR) is 68.5 cm³/mol. The molecule has 17 heavy (non-hydrogen) atoms. The monoisotopic (exact) mass is 242 g/mol. The Morgan fingerprint density at radius 1 is 1.47 bits per heavy atom. The number of aliphatic hydroxyl groups is 1. The maximum Gasteiger partial charge on any atom is 0.239 e. The van der Waals surface area contributed by atoms with E-state index in [1.165, 1.54) is 0 Å². The summed E-state index contributed by atoms with van der Waals surface area (Å²) >= 11 is 0. The molecule has 0 aromatic heterocycles. The van der Waals surface area contributed by atoms with Gasteiger partial charge < -0.3 is 15.7 Å². The second kappa shape index (κ2) is 6.97. The zero-order valence-electron chi connectivity index (χ0n) is 11.1. The van der Waals surface area contributed by atoms with Gasteiger partial charge in [-0.2, -0.15) is 0 Å². The van der Waals surface area contributed by atoms with Gasteiger partial charge in [0.2, 0.25) is 5.91 Å². The fraction of sp³-hybridized carbons (Fsp3) is 0.923. The molecule has 4 heteroatoms. The Morgan fingerprint density at radius 3 is 2.76 bits per heavy atom. The van der Waals surface area contributed by atoms with Crippen molar-refractivity contribution in [2.45, 2.75) is 58.0 Å². The number of hydrogen-bond donors (Lipinski definition) is 2. The Labute approximate surface area is 104 Å². The van der Waals surface area contributed by atoms with E-state index >= 15 is 0 Å². The largest absolute Gasteiger partial charge is 0.396 e. The number of nitrogens with two attached hydrogens (primary N) is 1. The Balaban J connectivity index is 2.57. The van der Waals surface area contributed by atoms with Crippen molar-refractivity contribution in [2.75, 3.05) is 13.2 Å². The summed E-state index contributed by atoms with van der Waals surface area (Å²) < 4.78 is 0. The van der Waals surface area contributed by atoms with E-state index in [1.807, 2.05) is 4.90 Å². The lowest BCUT2D eigenvalue weighted by atomic mass is 9.96. The highest BCUT2D eigenvalue weighted by atomic mass is 16.3. The molecular weight excluding hydrogens is 216 g/mol. The van der Waals surface area contributed by atoms with Crippen LogP contribution in [-0.4, -0.2) is 41.1 Å². The van der Waals surface area contributed by atoms with Crippen molar-refractivity contribution in [3.8, 4) is 0 Å². The summed E-state index contributed by atoms with van der Waals surface area (Å²) in [5.74, 6) is 0.506. The van der Waals surface area contributed by atoms with E-state index in [1.54, 1.807) is 0 Å². The molecule has 0 aromatic rings. The maximum absolute atomic E-state index is 12.2. The molecule has 1 rings (SSSR count). The molecule has 1 aliphatic heterocycles. The first-order valence-corrected chi connectivity index (χ1v) is 6.73. The van der Waals surface area contributed by atoms with Crippen LogP contribution >= 0.6 is 0 Å². The van der Waals surface area contributed by atoms with Crippen molar-refractivity contribution in [1.82, 2.24) is 4.90 Å². The van der Waals surface area contributed by atoms with Gasteiger partial charge in [-0.3, -0.25) is 4.79 Å². The highest BCUT2D eigenvalue weighted by Gasteiger charge is 2.29. The van der Waals surface area contributed by atoms with Crippen LogP contribution in [0.2, 0.25) is 0 Å². The van der Waals surface area contributed by atoms with Crippen molar-refractivity contribution >= 4 is 5.91 Å². The van der Waals surface area contributed by atoms with Crippen molar-refractivity contribution < 1.29 is 9.90 Å². The molecule has 0 bridgehead atoms. The number of rotatable bonds is 5. The third-order valence-electron chi connectivity index (χ3n) is 3.42. The van der Waals surface area contributed by atoms with Crippen LogP contribution in [0.25, 0.3) is 0 Å². The van der Waals surface area contributed by atoms with Crippen LogP contribution in [0.15, 0.2) is 0 Å². The molecule has 2 atom stereocenters. The lowest BCUT2D eigenvalue weighted by molar-refractivity contribution is -0.137. The molecule has 100 valence electrons. The molecule has 0 aliphatic carbocycles. The molecular formula is C13H26N2O2. The van der Waals surface area contributed by atoms with E-state index in [2.05, 4.69) is 13.8 Å². The van der Waals surface area contributed by atoms with Gasteiger partial charge in [-0.25, -0.2) is 0 Å². The predicted octanol–water partition coefficient (Wildman–Crippen LogP) is 1.12. The minimum absolute atomic E-state index is 0.0665. The Kier molecular flexibility index (Phi) is 5.92. The molecule has 3 N–H and O–H groups in total. The zero-order valence-corrected chi connectivity index (χ0v) is 11.1. The second-order valence-corrected chi connectivity index (χ2v) is 5.43. The first-order valence-electron chi connectivity index (χ1n) is 6.73. The number of amides is 1. The number of carbonyl (C=O) groups is 1. The quantitative estimate of drug-likeness (QED) is 0.759. The SMILES string of the molecule is CC(C)C[C@H](N)C(=O)N1CCCCC1CCO. The van der Waals surface area contributed by atoms with Crippen molar-refractivity contribution in [2.24, 2.45) is 11.7 Å². The molecule has 0 saturated carbocycles. The first-order chi connectivity index (χ1) is 8.06. The van der Waals surface area contributed by atoms with Gasteiger partial charge in [0.1, 0.15) is 0 Å². The number of carbonyl (C=O) groups excluding carboxylic acids is 1. The van der Waals surface area contributed by atoms with Crippen LogP contribution in [0.3, 0.4) is 0 Å². The van der Waals surface area contributed by atoms with Gasteiger partial charge in [0, 0.05) is 19.2 Å². The van der Waals surface area contributed by atoms with E-state index in [0.717, 1.165) is 32.2 Å². The third kappa shape index (κ3) is 4.28. The molecule has 0 spiro atoms. The van der Waals surface area contributed by atoms with Gasteiger partial charge in [0.15, 0.2) is 0 Å². The van der Waals surface area contributed by atoms with Gasteiger partial charge in [0.25, 0.3) is 0 Å². The third-order valence-corrected chi connectivity index (χ3v) is 3.42. The van der Waals surface area contributed by atoms with Crippen molar-refractivity contribution in [1.29, 1.82) is 0 Å². The number of piperidine rings is 1. The van der Waals surface area contributed by atoms with Crippen LogP contribution in [0.4, 0.5) is 0 Å². The lowest BCUT2D eigenvalue weighted by Crippen LogP contribution is -2.51. The Morgan fingerprint density at radius 2 is 2.18 bits per heavy atom. The van der Waals surface area contributed by atoms with Crippen LogP contribution in [0, 0.1) is 5.92 Å². The van der Waals surface area contributed by atoms with E-state index in [-0.39, 0.29) is 24.6 Å². The zero-order chi connectivity index (χ0) is 12.8. The average molecular weight is 242 g/mol. The smallest absolute Gasteiger partial charge is 0.239 e. The average Bonchev–Trinajstić information content (AvgIpc) is 2.28. The number of likely N-dealkylation sites (tertiary alicyclic amines) is 1. The highest BCUT2D eigenvalue weighted by Crippen LogP contribution is 2.21. The van der Waals surface area contributed by atoms with E-state index in [9.17, 15) is 4.79 Å². The fourth-order valence-electron chi connectivity index (χ4n) is 2.56. The topological polar surface area (TPSA) is 66.6 Å². The maximum atomic E-state index is 12.2. The molecule has 1 unspecified atom stereocenters. The van der Waals surface area contributed by atoms with E-state index < -0.39 is 0 Å². The van der Waals surface area contributed by atoms with E-state index in [4.69, 9.17) is 10.8 Å². The van der Waals surface area contributed by atoms with Gasteiger partial charge in [-0.1, -0.05) is 13.8 Å². The lowest BCUT2D eigenvalue weighted by Gasteiger charge is -2.37. The summed E-state index contributed by atoms with van der Waals surface area (Å²) in [6.45, 7) is 5.10. The minimum atomic E-state index is -0.380. The van der Waals surface area contributed by atoms with Crippen LogP contribution in [0.1, 0.15) is 46.0 Å². The Hall–Kier alpha value is -0.610. The standard InChI is InChI=1S/C13H26N2O2/c1-10(2)9-12(14)13(17)15-7-4-3-5-11(15)6-8-16/h10-12,16H,3-9,14H2,1-2H3/t11?,12-/m0/s1. The van der Waals surface area contributed by atoms with Crippen LogP contribution in [0.5, 0.6) is 0 Å². The summed E-state index contributed by atoms with van der Waals surface area (Å²) in [7, 11) is 0. The normalized spacial score (nSPS) is 22.9. The minimum Gasteiger partial charge on any atom is -0.396 e. The molecule has 1 saturated heterocycles. The van der Waals surface area contributed by atoms with Gasteiger partial charge in [0.05, 0.1) is 6.04 Å². The van der Waals surface area contributed by atoms with Crippen molar-refractivity contribution in [3.63, 3.8) is 0 Å². The number of hydrogen-bond acceptors (Lipinski definition) is 3. The van der Waals surface area contributed by atoms with Crippen LogP contribution in [-0.2, 0) is 4.79 Å². The summed E-state index contributed by atoms with van der Waals surface area (Å²) in [5, 5.41) is 9.03. The number of nitrogens with zero attached hydrogens (tertiary/aromatic N) is 1. The van der Waals surface area contributed by atoms with Crippen LogP contribution < -0.4 is 5.73 Å². The molecule has 0 radical (unpaired) electrons. The van der Waals surface area contributed by atoms with Crippen molar-refractivity contribution in [3.05, 3.63) is 0 Å². The Bertz CT molecular complexity index is 242. The second-order valence-electron chi connectivity index (χ2n) is 5.43. The molecule has 0 aromatic carbocycles. The summed E-state index contributed by atoms with van der Waals surface area (Å²) in [6, 6.07) is -0.186. The summed E-state index contributed by atoms with van der Waals surface area (Å²) in [6.07, 6.45) is 4.62.